The standard InChI is InChI=1S/C14H23FN2/c1-10(2)5-6-11(3)17-12(4)13-7-14(15)9-16-8-13/h7-12,17H,5-6H2,1-4H3. The van der Waals surface area contributed by atoms with E-state index < -0.39 is 0 Å². The summed E-state index contributed by atoms with van der Waals surface area (Å²) in [4.78, 5) is 3.87. The van der Waals surface area contributed by atoms with Crippen LogP contribution in [0.15, 0.2) is 18.5 Å². The molecular formula is C14H23FN2. The molecule has 1 N–H and O–H groups in total. The number of rotatable bonds is 6. The number of nitrogens with zero attached hydrogens (tertiary/aromatic N) is 1. The van der Waals surface area contributed by atoms with E-state index in [1.807, 2.05) is 6.92 Å². The van der Waals surface area contributed by atoms with E-state index in [2.05, 4.69) is 31.1 Å². The topological polar surface area (TPSA) is 24.9 Å². The molecule has 0 saturated heterocycles. The molecule has 0 aromatic carbocycles. The Morgan fingerprint density at radius 1 is 1.18 bits per heavy atom. The summed E-state index contributed by atoms with van der Waals surface area (Å²) in [6.07, 6.45) is 5.31. The van der Waals surface area contributed by atoms with Gasteiger partial charge < -0.3 is 5.32 Å². The third kappa shape index (κ3) is 5.26. The van der Waals surface area contributed by atoms with E-state index in [-0.39, 0.29) is 11.9 Å². The molecule has 1 aromatic heterocycles. The second kappa shape index (κ2) is 6.70. The second-order valence-corrected chi connectivity index (χ2v) is 5.20. The van der Waals surface area contributed by atoms with Crippen molar-refractivity contribution in [2.24, 2.45) is 5.92 Å². The minimum atomic E-state index is -0.272. The zero-order chi connectivity index (χ0) is 12.8. The summed E-state index contributed by atoms with van der Waals surface area (Å²) in [7, 11) is 0. The highest BCUT2D eigenvalue weighted by atomic mass is 19.1. The van der Waals surface area contributed by atoms with Crippen LogP contribution in [0.3, 0.4) is 0 Å². The number of hydrogen-bond acceptors (Lipinski definition) is 2. The Kier molecular flexibility index (Phi) is 5.56. The van der Waals surface area contributed by atoms with Crippen molar-refractivity contribution < 1.29 is 4.39 Å². The minimum absolute atomic E-state index is 0.139. The van der Waals surface area contributed by atoms with Crippen LogP contribution < -0.4 is 5.32 Å². The molecular weight excluding hydrogens is 215 g/mol. The van der Waals surface area contributed by atoms with Crippen LogP contribution in [0.2, 0.25) is 0 Å². The maximum atomic E-state index is 13.0. The molecule has 0 bridgehead atoms. The first-order valence-corrected chi connectivity index (χ1v) is 6.35. The van der Waals surface area contributed by atoms with E-state index in [9.17, 15) is 4.39 Å². The molecule has 0 aliphatic carbocycles. The largest absolute Gasteiger partial charge is 0.308 e. The van der Waals surface area contributed by atoms with Crippen molar-refractivity contribution in [2.75, 3.05) is 0 Å². The Balaban J connectivity index is 2.45. The van der Waals surface area contributed by atoms with E-state index in [0.29, 0.717) is 6.04 Å². The smallest absolute Gasteiger partial charge is 0.141 e. The first kappa shape index (κ1) is 14.1. The molecule has 0 aliphatic rings. The normalized spacial score (nSPS) is 14.9. The molecule has 2 nitrogen and oxygen atoms in total. The lowest BCUT2D eigenvalue weighted by atomic mass is 10.0. The molecule has 96 valence electrons. The highest BCUT2D eigenvalue weighted by Gasteiger charge is 2.10. The quantitative estimate of drug-likeness (QED) is 0.817. The molecule has 2 unspecified atom stereocenters. The Morgan fingerprint density at radius 3 is 2.47 bits per heavy atom. The van der Waals surface area contributed by atoms with E-state index in [1.165, 1.54) is 12.6 Å². The van der Waals surface area contributed by atoms with Gasteiger partial charge in [0.15, 0.2) is 0 Å². The fourth-order valence-electron chi connectivity index (χ4n) is 1.85. The molecule has 1 rings (SSSR count). The van der Waals surface area contributed by atoms with Crippen molar-refractivity contribution in [1.29, 1.82) is 0 Å². The predicted molar refractivity (Wildman–Crippen MR) is 69.3 cm³/mol. The third-order valence-corrected chi connectivity index (χ3v) is 2.94. The Labute approximate surface area is 104 Å². The van der Waals surface area contributed by atoms with Gasteiger partial charge in [-0.1, -0.05) is 13.8 Å². The van der Waals surface area contributed by atoms with E-state index in [0.717, 1.165) is 17.9 Å². The molecule has 0 aliphatic heterocycles. The monoisotopic (exact) mass is 238 g/mol. The van der Waals surface area contributed by atoms with Crippen LogP contribution in [0.4, 0.5) is 4.39 Å². The highest BCUT2D eigenvalue weighted by Crippen LogP contribution is 2.15. The maximum absolute atomic E-state index is 13.0. The van der Waals surface area contributed by atoms with Crippen molar-refractivity contribution in [1.82, 2.24) is 10.3 Å². The van der Waals surface area contributed by atoms with E-state index in [4.69, 9.17) is 0 Å². The molecule has 1 heterocycles. The van der Waals surface area contributed by atoms with Crippen LogP contribution in [0.25, 0.3) is 0 Å². The van der Waals surface area contributed by atoms with Crippen LogP contribution in [0.1, 0.15) is 52.1 Å². The summed E-state index contributed by atoms with van der Waals surface area (Å²) in [5.74, 6) is 0.455. The van der Waals surface area contributed by atoms with E-state index >= 15 is 0 Å². The molecule has 1 aromatic rings. The first-order chi connectivity index (χ1) is 7.99. The van der Waals surface area contributed by atoms with Crippen molar-refractivity contribution in [3.05, 3.63) is 29.8 Å². The van der Waals surface area contributed by atoms with Gasteiger partial charge in [0.25, 0.3) is 0 Å². The summed E-state index contributed by atoms with van der Waals surface area (Å²) in [5, 5.41) is 3.47. The predicted octanol–water partition coefficient (Wildman–Crippen LogP) is 3.70. The lowest BCUT2D eigenvalue weighted by molar-refractivity contribution is 0.416. The van der Waals surface area contributed by atoms with Gasteiger partial charge in [0.05, 0.1) is 6.20 Å². The number of aromatic nitrogens is 1. The van der Waals surface area contributed by atoms with Gasteiger partial charge >= 0.3 is 0 Å². The molecule has 0 amide bonds. The van der Waals surface area contributed by atoms with Crippen molar-refractivity contribution in [3.8, 4) is 0 Å². The maximum Gasteiger partial charge on any atom is 0.141 e. The van der Waals surface area contributed by atoms with Crippen molar-refractivity contribution in [2.45, 2.75) is 52.6 Å². The fourth-order valence-corrected chi connectivity index (χ4v) is 1.85. The molecule has 3 heteroatoms. The summed E-state index contributed by atoms with van der Waals surface area (Å²) in [6, 6.07) is 2.12. The van der Waals surface area contributed by atoms with Gasteiger partial charge in [-0.15, -0.1) is 0 Å². The van der Waals surface area contributed by atoms with Crippen molar-refractivity contribution in [3.63, 3.8) is 0 Å². The average molecular weight is 238 g/mol. The minimum Gasteiger partial charge on any atom is -0.308 e. The molecule has 0 spiro atoms. The number of pyridine rings is 1. The van der Waals surface area contributed by atoms with Crippen LogP contribution in [0.5, 0.6) is 0 Å². The number of nitrogens with one attached hydrogen (secondary N) is 1. The third-order valence-electron chi connectivity index (χ3n) is 2.94. The van der Waals surface area contributed by atoms with Gasteiger partial charge in [-0.25, -0.2) is 4.39 Å². The zero-order valence-corrected chi connectivity index (χ0v) is 11.2. The zero-order valence-electron chi connectivity index (χ0n) is 11.2. The van der Waals surface area contributed by atoms with Gasteiger partial charge in [-0.2, -0.15) is 0 Å². The van der Waals surface area contributed by atoms with E-state index in [1.54, 1.807) is 12.3 Å². The lowest BCUT2D eigenvalue weighted by Gasteiger charge is -2.20. The Morgan fingerprint density at radius 2 is 1.88 bits per heavy atom. The van der Waals surface area contributed by atoms with Crippen LogP contribution >= 0.6 is 0 Å². The van der Waals surface area contributed by atoms with Gasteiger partial charge in [0.2, 0.25) is 0 Å². The fraction of sp³-hybridized carbons (Fsp3) is 0.643. The van der Waals surface area contributed by atoms with Crippen LogP contribution in [-0.2, 0) is 0 Å². The summed E-state index contributed by atoms with van der Waals surface area (Å²) < 4.78 is 13.0. The summed E-state index contributed by atoms with van der Waals surface area (Å²) >= 11 is 0. The lowest BCUT2D eigenvalue weighted by Crippen LogP contribution is -2.29. The van der Waals surface area contributed by atoms with Crippen LogP contribution in [0, 0.1) is 11.7 Å². The van der Waals surface area contributed by atoms with Gasteiger partial charge in [0.1, 0.15) is 5.82 Å². The Hall–Kier alpha value is -0.960. The second-order valence-electron chi connectivity index (χ2n) is 5.20. The molecule has 2 atom stereocenters. The van der Waals surface area contributed by atoms with Crippen molar-refractivity contribution >= 4 is 0 Å². The highest BCUT2D eigenvalue weighted by molar-refractivity contribution is 5.14. The molecule has 0 saturated carbocycles. The molecule has 0 radical (unpaired) electrons. The molecule has 17 heavy (non-hydrogen) atoms. The Bertz CT molecular complexity index is 339. The molecule has 0 fully saturated rings. The average Bonchev–Trinajstić information content (AvgIpc) is 2.26. The number of hydrogen-bond donors (Lipinski definition) is 1. The SMILES string of the molecule is CC(C)CCC(C)NC(C)c1cncc(F)c1. The number of halogens is 1. The van der Waals surface area contributed by atoms with Gasteiger partial charge in [0, 0.05) is 18.3 Å². The summed E-state index contributed by atoms with van der Waals surface area (Å²) in [6.45, 7) is 8.67. The summed E-state index contributed by atoms with van der Waals surface area (Å²) in [5.41, 5.74) is 0.904. The van der Waals surface area contributed by atoms with Gasteiger partial charge in [-0.3, -0.25) is 4.98 Å². The van der Waals surface area contributed by atoms with Gasteiger partial charge in [-0.05, 0) is 44.2 Å². The van der Waals surface area contributed by atoms with Crippen LogP contribution in [-0.4, -0.2) is 11.0 Å². The first-order valence-electron chi connectivity index (χ1n) is 6.35.